The van der Waals surface area contributed by atoms with Crippen LogP contribution in [0.3, 0.4) is 0 Å². The van der Waals surface area contributed by atoms with Gasteiger partial charge in [-0.2, -0.15) is 0 Å². The number of hydrogen-bond donors (Lipinski definition) is 2. The van der Waals surface area contributed by atoms with Crippen molar-refractivity contribution in [3.63, 3.8) is 0 Å². The quantitative estimate of drug-likeness (QED) is 0.817. The van der Waals surface area contributed by atoms with Gasteiger partial charge in [0.2, 0.25) is 0 Å². The van der Waals surface area contributed by atoms with Crippen LogP contribution in [-0.2, 0) is 0 Å². The van der Waals surface area contributed by atoms with Crippen LogP contribution in [-0.4, -0.2) is 22.6 Å². The van der Waals surface area contributed by atoms with Crippen LogP contribution < -0.4 is 5.32 Å². The Morgan fingerprint density at radius 1 is 1.44 bits per heavy atom. The van der Waals surface area contributed by atoms with Crippen molar-refractivity contribution in [2.24, 2.45) is 5.92 Å². The Kier molecular flexibility index (Phi) is 3.39. The van der Waals surface area contributed by atoms with Crippen LogP contribution in [0.4, 0.5) is 5.69 Å². The van der Waals surface area contributed by atoms with Gasteiger partial charge in [-0.1, -0.05) is 12.8 Å². The fourth-order valence-electron chi connectivity index (χ4n) is 2.10. The first-order valence-corrected chi connectivity index (χ1v) is 5.69. The van der Waals surface area contributed by atoms with Crippen molar-refractivity contribution in [2.75, 3.05) is 11.9 Å². The molecule has 2 rings (SSSR count). The highest BCUT2D eigenvalue weighted by Gasteiger charge is 2.14. The third kappa shape index (κ3) is 2.72. The Bertz CT molecular complexity index is 356. The molecule has 1 aliphatic rings. The highest BCUT2D eigenvalue weighted by atomic mass is 16.4. The minimum atomic E-state index is -0.984. The Morgan fingerprint density at radius 2 is 2.19 bits per heavy atom. The number of aromatic nitrogens is 1. The fourth-order valence-corrected chi connectivity index (χ4v) is 2.10. The molecule has 2 N–H and O–H groups in total. The fraction of sp³-hybridized carbons (Fsp3) is 0.500. The Morgan fingerprint density at radius 3 is 2.75 bits per heavy atom. The van der Waals surface area contributed by atoms with Gasteiger partial charge in [0, 0.05) is 6.54 Å². The van der Waals surface area contributed by atoms with Crippen molar-refractivity contribution in [1.82, 2.24) is 4.98 Å². The van der Waals surface area contributed by atoms with Gasteiger partial charge in [-0.3, -0.25) is 0 Å². The lowest BCUT2D eigenvalue weighted by atomic mass is 10.1. The summed E-state index contributed by atoms with van der Waals surface area (Å²) in [5.41, 5.74) is 0.989. The molecule has 1 aliphatic carbocycles. The van der Waals surface area contributed by atoms with Crippen LogP contribution in [0, 0.1) is 5.92 Å². The lowest BCUT2D eigenvalue weighted by Crippen LogP contribution is -2.11. The topological polar surface area (TPSA) is 62.2 Å². The molecule has 0 radical (unpaired) electrons. The predicted octanol–water partition coefficient (Wildman–Crippen LogP) is 2.38. The molecular formula is C12H16N2O2. The first-order chi connectivity index (χ1) is 7.75. The van der Waals surface area contributed by atoms with E-state index in [1.165, 1.54) is 31.7 Å². The first kappa shape index (κ1) is 10.9. The van der Waals surface area contributed by atoms with E-state index >= 15 is 0 Å². The van der Waals surface area contributed by atoms with Crippen molar-refractivity contribution >= 4 is 11.7 Å². The third-order valence-electron chi connectivity index (χ3n) is 3.05. The second-order valence-corrected chi connectivity index (χ2v) is 4.27. The van der Waals surface area contributed by atoms with Crippen molar-refractivity contribution in [2.45, 2.75) is 25.7 Å². The van der Waals surface area contributed by atoms with Crippen molar-refractivity contribution in [3.8, 4) is 0 Å². The average molecular weight is 220 g/mol. The van der Waals surface area contributed by atoms with Gasteiger partial charge in [0.25, 0.3) is 0 Å². The number of anilines is 1. The summed E-state index contributed by atoms with van der Waals surface area (Å²) in [4.78, 5) is 14.5. The molecule has 0 bridgehead atoms. The molecule has 1 fully saturated rings. The average Bonchev–Trinajstić information content (AvgIpc) is 2.80. The maximum Gasteiger partial charge on any atom is 0.354 e. The number of nitrogens with one attached hydrogen (secondary N) is 1. The van der Waals surface area contributed by atoms with Gasteiger partial charge < -0.3 is 10.4 Å². The summed E-state index contributed by atoms with van der Waals surface area (Å²) in [6, 6.07) is 3.30. The summed E-state index contributed by atoms with van der Waals surface area (Å²) in [7, 11) is 0. The summed E-state index contributed by atoms with van der Waals surface area (Å²) in [6.45, 7) is 0.966. The second kappa shape index (κ2) is 4.96. The maximum atomic E-state index is 10.6. The highest BCUT2D eigenvalue weighted by molar-refractivity contribution is 5.85. The van der Waals surface area contributed by atoms with E-state index in [9.17, 15) is 4.79 Å². The second-order valence-electron chi connectivity index (χ2n) is 4.27. The lowest BCUT2D eigenvalue weighted by Gasteiger charge is -2.11. The zero-order valence-corrected chi connectivity index (χ0v) is 9.15. The summed E-state index contributed by atoms with van der Waals surface area (Å²) >= 11 is 0. The van der Waals surface area contributed by atoms with Crippen molar-refractivity contribution < 1.29 is 9.90 Å². The SMILES string of the molecule is O=C(O)c1ccc(NCC2CCCC2)cn1. The standard InChI is InChI=1S/C12H16N2O2/c15-12(16)11-6-5-10(8-14-11)13-7-9-3-1-2-4-9/h5-6,8-9,13H,1-4,7H2,(H,15,16). The van der Waals surface area contributed by atoms with E-state index in [1.807, 2.05) is 0 Å². The van der Waals surface area contributed by atoms with Crippen LogP contribution in [0.5, 0.6) is 0 Å². The lowest BCUT2D eigenvalue weighted by molar-refractivity contribution is 0.0690. The molecular weight excluding hydrogens is 204 g/mol. The number of carboxylic acids is 1. The number of carboxylic acid groups (broad SMARTS) is 1. The Labute approximate surface area is 94.7 Å². The van der Waals surface area contributed by atoms with Crippen molar-refractivity contribution in [3.05, 3.63) is 24.0 Å². The van der Waals surface area contributed by atoms with E-state index < -0.39 is 5.97 Å². The number of nitrogens with zero attached hydrogens (tertiary/aromatic N) is 1. The normalized spacial score (nSPS) is 16.2. The van der Waals surface area contributed by atoms with Gasteiger partial charge in [-0.05, 0) is 30.9 Å². The summed E-state index contributed by atoms with van der Waals surface area (Å²) in [5.74, 6) is -0.221. The Balaban J connectivity index is 1.87. The van der Waals surface area contributed by atoms with E-state index in [0.717, 1.165) is 18.2 Å². The summed E-state index contributed by atoms with van der Waals surface area (Å²) < 4.78 is 0. The largest absolute Gasteiger partial charge is 0.477 e. The third-order valence-corrected chi connectivity index (χ3v) is 3.05. The Hall–Kier alpha value is -1.58. The summed E-state index contributed by atoms with van der Waals surface area (Å²) in [6.07, 6.45) is 6.85. The minimum absolute atomic E-state index is 0.0893. The molecule has 0 atom stereocenters. The van der Waals surface area contributed by atoms with Gasteiger partial charge in [-0.25, -0.2) is 9.78 Å². The molecule has 16 heavy (non-hydrogen) atoms. The number of aromatic carboxylic acids is 1. The van der Waals surface area contributed by atoms with E-state index in [1.54, 1.807) is 12.3 Å². The predicted molar refractivity (Wildman–Crippen MR) is 61.6 cm³/mol. The molecule has 0 aromatic carbocycles. The molecule has 0 unspecified atom stereocenters. The van der Waals surface area contributed by atoms with Gasteiger partial charge in [0.05, 0.1) is 11.9 Å². The van der Waals surface area contributed by atoms with Crippen LogP contribution in [0.2, 0.25) is 0 Å². The van der Waals surface area contributed by atoms with E-state index in [4.69, 9.17) is 5.11 Å². The summed E-state index contributed by atoms with van der Waals surface area (Å²) in [5, 5.41) is 12.0. The number of hydrogen-bond acceptors (Lipinski definition) is 3. The molecule has 0 aliphatic heterocycles. The molecule has 1 saturated carbocycles. The highest BCUT2D eigenvalue weighted by Crippen LogP contribution is 2.24. The van der Waals surface area contributed by atoms with E-state index in [0.29, 0.717) is 0 Å². The first-order valence-electron chi connectivity index (χ1n) is 5.69. The molecule has 4 heteroatoms. The molecule has 0 spiro atoms. The molecule has 1 heterocycles. The molecule has 4 nitrogen and oxygen atoms in total. The zero-order chi connectivity index (χ0) is 11.4. The van der Waals surface area contributed by atoms with Gasteiger partial charge in [-0.15, -0.1) is 0 Å². The van der Waals surface area contributed by atoms with Gasteiger partial charge >= 0.3 is 5.97 Å². The van der Waals surface area contributed by atoms with E-state index in [2.05, 4.69) is 10.3 Å². The molecule has 1 aromatic rings. The molecule has 0 saturated heterocycles. The monoisotopic (exact) mass is 220 g/mol. The zero-order valence-electron chi connectivity index (χ0n) is 9.15. The number of pyridine rings is 1. The maximum absolute atomic E-state index is 10.6. The van der Waals surface area contributed by atoms with E-state index in [-0.39, 0.29) is 5.69 Å². The number of rotatable bonds is 4. The smallest absolute Gasteiger partial charge is 0.354 e. The van der Waals surface area contributed by atoms with Crippen LogP contribution in [0.1, 0.15) is 36.2 Å². The van der Waals surface area contributed by atoms with Crippen LogP contribution in [0.25, 0.3) is 0 Å². The molecule has 0 amide bonds. The minimum Gasteiger partial charge on any atom is -0.477 e. The molecule has 1 aromatic heterocycles. The van der Waals surface area contributed by atoms with Gasteiger partial charge in [0.1, 0.15) is 5.69 Å². The van der Waals surface area contributed by atoms with Gasteiger partial charge in [0.15, 0.2) is 0 Å². The van der Waals surface area contributed by atoms with Crippen LogP contribution >= 0.6 is 0 Å². The number of carbonyl (C=O) groups is 1. The molecule has 86 valence electrons. The van der Waals surface area contributed by atoms with Crippen LogP contribution in [0.15, 0.2) is 18.3 Å². The van der Waals surface area contributed by atoms with Crippen molar-refractivity contribution in [1.29, 1.82) is 0 Å².